The molecule has 1 atom stereocenters. The largest absolute Gasteiger partial charge is 0.573 e. The maximum atomic E-state index is 12.9. The molecular formula is C27H24F3N5O2. The van der Waals surface area contributed by atoms with Gasteiger partial charge in [0.2, 0.25) is 0 Å². The van der Waals surface area contributed by atoms with Crippen LogP contribution in [0.2, 0.25) is 0 Å². The van der Waals surface area contributed by atoms with Gasteiger partial charge < -0.3 is 19.9 Å². The molecule has 1 aliphatic heterocycles. The second-order valence-corrected chi connectivity index (χ2v) is 8.77. The number of urea groups is 1. The Balaban J connectivity index is 1.29. The molecule has 1 fully saturated rings. The Morgan fingerprint density at radius 1 is 0.919 bits per heavy atom. The van der Waals surface area contributed by atoms with Crippen molar-refractivity contribution in [1.82, 2.24) is 15.1 Å². The molecular weight excluding hydrogens is 483 g/mol. The Labute approximate surface area is 211 Å². The number of amides is 2. The summed E-state index contributed by atoms with van der Waals surface area (Å²) in [6.45, 7) is 3.49. The van der Waals surface area contributed by atoms with Crippen molar-refractivity contribution < 1.29 is 22.7 Å². The van der Waals surface area contributed by atoms with Gasteiger partial charge in [0.05, 0.1) is 0 Å². The molecule has 0 bridgehead atoms. The van der Waals surface area contributed by atoms with Crippen LogP contribution in [-0.4, -0.2) is 53.2 Å². The number of piperazine rings is 1. The first kappa shape index (κ1) is 24.4. The fraction of sp³-hybridized carbons (Fsp3) is 0.222. The second-order valence-electron chi connectivity index (χ2n) is 8.77. The number of hydrogen-bond acceptors (Lipinski definition) is 5. The van der Waals surface area contributed by atoms with Crippen molar-refractivity contribution in [3.05, 3.63) is 78.9 Å². The number of anilines is 2. The van der Waals surface area contributed by atoms with E-state index in [0.717, 1.165) is 40.0 Å². The number of ether oxygens (including phenoxy) is 1. The van der Waals surface area contributed by atoms with E-state index in [1.807, 2.05) is 61.5 Å². The topological polar surface area (TPSA) is 70.6 Å². The van der Waals surface area contributed by atoms with Crippen LogP contribution in [0.25, 0.3) is 22.0 Å². The number of carbonyl (C=O) groups is 1. The summed E-state index contributed by atoms with van der Waals surface area (Å²) >= 11 is 0. The number of fused-ring (bicyclic) bond motifs is 1. The molecule has 2 heterocycles. The quantitative estimate of drug-likeness (QED) is 0.370. The zero-order valence-electron chi connectivity index (χ0n) is 19.9. The summed E-state index contributed by atoms with van der Waals surface area (Å²) in [6, 6.07) is 22.5. The number of rotatable bonds is 4. The van der Waals surface area contributed by atoms with Crippen LogP contribution in [0.4, 0.5) is 29.5 Å². The number of aromatic nitrogens is 2. The van der Waals surface area contributed by atoms with E-state index in [0.29, 0.717) is 25.3 Å². The number of carbonyl (C=O) groups excluding carboxylic acids is 1. The maximum Gasteiger partial charge on any atom is 0.573 e. The van der Waals surface area contributed by atoms with Crippen LogP contribution >= 0.6 is 0 Å². The molecule has 0 spiro atoms. The molecule has 0 saturated carbocycles. The van der Waals surface area contributed by atoms with Gasteiger partial charge in [-0.2, -0.15) is 0 Å². The summed E-state index contributed by atoms with van der Waals surface area (Å²) in [7, 11) is 0. The fourth-order valence-electron chi connectivity index (χ4n) is 4.52. The van der Waals surface area contributed by atoms with Gasteiger partial charge in [0.25, 0.3) is 0 Å². The molecule has 1 aliphatic rings. The Kier molecular flexibility index (Phi) is 6.56. The second kappa shape index (κ2) is 9.96. The lowest BCUT2D eigenvalue weighted by atomic mass is 10.0. The molecule has 190 valence electrons. The SMILES string of the molecule is CC1CN(c2nnc(-c3ccccc3)c3ccccc23)CCN1C(=O)Nc1ccc(OC(F)(F)F)cc1. The predicted octanol–water partition coefficient (Wildman–Crippen LogP) is 5.94. The number of benzene rings is 3. The molecule has 4 aromatic rings. The summed E-state index contributed by atoms with van der Waals surface area (Å²) in [5.74, 6) is 0.418. The van der Waals surface area contributed by atoms with Crippen LogP contribution in [0.15, 0.2) is 78.9 Å². The average Bonchev–Trinajstić information content (AvgIpc) is 2.88. The van der Waals surface area contributed by atoms with E-state index in [2.05, 4.69) is 25.2 Å². The molecule has 5 rings (SSSR count). The number of halogens is 3. The summed E-state index contributed by atoms with van der Waals surface area (Å²) < 4.78 is 41.0. The van der Waals surface area contributed by atoms with Gasteiger partial charge in [-0.25, -0.2) is 4.79 Å². The number of hydrogen-bond donors (Lipinski definition) is 1. The Morgan fingerprint density at radius 2 is 1.59 bits per heavy atom. The van der Waals surface area contributed by atoms with E-state index in [1.165, 1.54) is 12.1 Å². The molecule has 1 aromatic heterocycles. The highest BCUT2D eigenvalue weighted by Crippen LogP contribution is 2.32. The van der Waals surface area contributed by atoms with Crippen molar-refractivity contribution in [1.29, 1.82) is 0 Å². The highest BCUT2D eigenvalue weighted by atomic mass is 19.4. The van der Waals surface area contributed by atoms with E-state index in [9.17, 15) is 18.0 Å². The van der Waals surface area contributed by atoms with Crippen LogP contribution in [0, 0.1) is 0 Å². The average molecular weight is 508 g/mol. The van der Waals surface area contributed by atoms with Gasteiger partial charge in [-0.05, 0) is 31.2 Å². The lowest BCUT2D eigenvalue weighted by Crippen LogP contribution is -2.55. The minimum atomic E-state index is -4.77. The van der Waals surface area contributed by atoms with E-state index in [4.69, 9.17) is 0 Å². The number of nitrogens with one attached hydrogen (secondary N) is 1. The van der Waals surface area contributed by atoms with Gasteiger partial charge in [0, 0.05) is 47.7 Å². The van der Waals surface area contributed by atoms with E-state index in [-0.39, 0.29) is 17.8 Å². The third kappa shape index (κ3) is 5.42. The highest BCUT2D eigenvalue weighted by molar-refractivity contribution is 6.00. The zero-order valence-corrected chi connectivity index (χ0v) is 19.9. The minimum absolute atomic E-state index is 0.143. The molecule has 1 saturated heterocycles. The van der Waals surface area contributed by atoms with Crippen LogP contribution in [-0.2, 0) is 0 Å². The fourth-order valence-corrected chi connectivity index (χ4v) is 4.52. The van der Waals surface area contributed by atoms with E-state index >= 15 is 0 Å². The van der Waals surface area contributed by atoms with Gasteiger partial charge in [0.1, 0.15) is 11.4 Å². The monoisotopic (exact) mass is 507 g/mol. The smallest absolute Gasteiger partial charge is 0.406 e. The summed E-state index contributed by atoms with van der Waals surface area (Å²) in [4.78, 5) is 16.7. The first-order valence-corrected chi connectivity index (χ1v) is 11.8. The first-order chi connectivity index (χ1) is 17.8. The van der Waals surface area contributed by atoms with Crippen molar-refractivity contribution in [2.45, 2.75) is 19.3 Å². The molecule has 0 aliphatic carbocycles. The number of alkyl halides is 3. The number of nitrogens with zero attached hydrogens (tertiary/aromatic N) is 4. The molecule has 10 heteroatoms. The van der Waals surface area contributed by atoms with Gasteiger partial charge in [-0.3, -0.25) is 0 Å². The molecule has 1 unspecified atom stereocenters. The predicted molar refractivity (Wildman–Crippen MR) is 135 cm³/mol. The van der Waals surface area contributed by atoms with Crippen LogP contribution in [0.3, 0.4) is 0 Å². The Hall–Kier alpha value is -4.34. The van der Waals surface area contributed by atoms with Crippen LogP contribution in [0.5, 0.6) is 5.75 Å². The molecule has 0 radical (unpaired) electrons. The van der Waals surface area contributed by atoms with Crippen LogP contribution in [0.1, 0.15) is 6.92 Å². The van der Waals surface area contributed by atoms with Gasteiger partial charge in [-0.15, -0.1) is 23.4 Å². The third-order valence-electron chi connectivity index (χ3n) is 6.24. The highest BCUT2D eigenvalue weighted by Gasteiger charge is 2.31. The van der Waals surface area contributed by atoms with Gasteiger partial charge in [-0.1, -0.05) is 54.6 Å². The summed E-state index contributed by atoms with van der Waals surface area (Å²) in [5.41, 5.74) is 2.19. The molecule has 3 aromatic carbocycles. The molecule has 37 heavy (non-hydrogen) atoms. The van der Waals surface area contributed by atoms with Gasteiger partial charge >= 0.3 is 12.4 Å². The van der Waals surface area contributed by atoms with Crippen molar-refractivity contribution in [3.8, 4) is 17.0 Å². The van der Waals surface area contributed by atoms with Crippen molar-refractivity contribution in [2.24, 2.45) is 0 Å². The first-order valence-electron chi connectivity index (χ1n) is 11.8. The van der Waals surface area contributed by atoms with Crippen molar-refractivity contribution in [2.75, 3.05) is 29.9 Å². The lowest BCUT2D eigenvalue weighted by molar-refractivity contribution is -0.274. The van der Waals surface area contributed by atoms with Crippen molar-refractivity contribution in [3.63, 3.8) is 0 Å². The Bertz CT molecular complexity index is 1400. The molecule has 7 nitrogen and oxygen atoms in total. The molecule has 2 amide bonds. The normalized spacial score (nSPS) is 16.1. The summed E-state index contributed by atoms with van der Waals surface area (Å²) in [6.07, 6.45) is -4.77. The Morgan fingerprint density at radius 3 is 2.27 bits per heavy atom. The van der Waals surface area contributed by atoms with E-state index < -0.39 is 6.36 Å². The van der Waals surface area contributed by atoms with E-state index in [1.54, 1.807) is 4.90 Å². The van der Waals surface area contributed by atoms with Crippen molar-refractivity contribution >= 4 is 28.3 Å². The standard InChI is InChI=1S/C27H24F3N5O2/c1-18-17-34(15-16-35(18)26(36)31-20-11-13-21(14-12-20)37-27(28,29)30)25-23-10-6-5-9-22(23)24(32-33-25)19-7-3-2-4-8-19/h2-14,18H,15-17H2,1H3,(H,31,36). The van der Waals surface area contributed by atoms with Crippen LogP contribution < -0.4 is 15.0 Å². The minimum Gasteiger partial charge on any atom is -0.406 e. The summed E-state index contributed by atoms with van der Waals surface area (Å²) in [5, 5.41) is 13.9. The lowest BCUT2D eigenvalue weighted by Gasteiger charge is -2.40. The zero-order chi connectivity index (χ0) is 26.0. The maximum absolute atomic E-state index is 12.9. The third-order valence-corrected chi connectivity index (χ3v) is 6.24. The van der Waals surface area contributed by atoms with Gasteiger partial charge in [0.15, 0.2) is 5.82 Å². The molecule has 1 N–H and O–H groups in total.